The maximum atomic E-state index is 11.0. The summed E-state index contributed by atoms with van der Waals surface area (Å²) in [5.74, 6) is 0.0139. The smallest absolute Gasteiger partial charge is 0.254 e. The molecule has 54 valence electrons. The first kappa shape index (κ1) is 7.10. The highest BCUT2D eigenvalue weighted by atomic mass is 16.2. The Morgan fingerprint density at radius 1 is 1.80 bits per heavy atom. The van der Waals surface area contributed by atoms with Gasteiger partial charge in [-0.05, 0) is 13.8 Å². The Morgan fingerprint density at radius 3 is 2.60 bits per heavy atom. The molecule has 0 aromatic rings. The van der Waals surface area contributed by atoms with Crippen LogP contribution in [0.4, 0.5) is 0 Å². The highest BCUT2D eigenvalue weighted by Gasteiger charge is 2.45. The van der Waals surface area contributed by atoms with Crippen molar-refractivity contribution in [3.05, 3.63) is 18.4 Å². The van der Waals surface area contributed by atoms with Crippen LogP contribution in [-0.2, 0) is 4.79 Å². The van der Waals surface area contributed by atoms with Gasteiger partial charge in [-0.25, -0.2) is 0 Å². The highest BCUT2D eigenvalue weighted by Crippen LogP contribution is 2.30. The zero-order valence-electron chi connectivity index (χ0n) is 6.35. The van der Waals surface area contributed by atoms with Crippen molar-refractivity contribution in [1.82, 2.24) is 4.90 Å². The van der Waals surface area contributed by atoms with Crippen LogP contribution < -0.4 is 0 Å². The minimum Gasteiger partial charge on any atom is -0.329 e. The molecule has 0 atom stereocenters. The fourth-order valence-corrected chi connectivity index (χ4v) is 0.893. The molecule has 1 amide bonds. The molecule has 2 heteroatoms. The molecule has 0 aromatic carbocycles. The number of hydrogen-bond acceptors (Lipinski definition) is 1. The number of nitrogens with zero attached hydrogens (tertiary/aromatic N) is 1. The van der Waals surface area contributed by atoms with Gasteiger partial charge in [-0.3, -0.25) is 4.79 Å². The van der Waals surface area contributed by atoms with Gasteiger partial charge in [0.15, 0.2) is 0 Å². The fourth-order valence-electron chi connectivity index (χ4n) is 0.893. The normalized spacial score (nSPS) is 19.6. The van der Waals surface area contributed by atoms with E-state index in [0.717, 1.165) is 6.54 Å². The monoisotopic (exact) mass is 137 g/mol. The van der Waals surface area contributed by atoms with Crippen LogP contribution in [0, 0.1) is 0 Å². The summed E-state index contributed by atoms with van der Waals surface area (Å²) in [6, 6.07) is 0. The second-order valence-corrected chi connectivity index (χ2v) is 3.09. The SMILES string of the molecule is C=C=CC(=O)N1CC1(C)C. The van der Waals surface area contributed by atoms with Crippen molar-refractivity contribution in [3.8, 4) is 0 Å². The molecule has 1 aliphatic heterocycles. The van der Waals surface area contributed by atoms with E-state index in [9.17, 15) is 4.79 Å². The van der Waals surface area contributed by atoms with E-state index in [4.69, 9.17) is 0 Å². The topological polar surface area (TPSA) is 20.1 Å². The molecule has 0 saturated carbocycles. The minimum atomic E-state index is 0.0139. The molecule has 1 saturated heterocycles. The Kier molecular flexibility index (Phi) is 1.42. The van der Waals surface area contributed by atoms with Crippen molar-refractivity contribution in [2.24, 2.45) is 0 Å². The molecule has 0 unspecified atom stereocenters. The van der Waals surface area contributed by atoms with E-state index < -0.39 is 0 Å². The molecule has 0 bridgehead atoms. The van der Waals surface area contributed by atoms with E-state index in [1.165, 1.54) is 6.08 Å². The van der Waals surface area contributed by atoms with E-state index >= 15 is 0 Å². The van der Waals surface area contributed by atoms with Crippen molar-refractivity contribution in [1.29, 1.82) is 0 Å². The van der Waals surface area contributed by atoms with Crippen LogP contribution in [0.2, 0.25) is 0 Å². The van der Waals surface area contributed by atoms with Crippen molar-refractivity contribution >= 4 is 5.91 Å². The molecule has 1 aliphatic rings. The lowest BCUT2D eigenvalue weighted by molar-refractivity contribution is -0.121. The molecule has 1 heterocycles. The number of carbonyl (C=O) groups excluding carboxylic acids is 1. The first-order chi connectivity index (χ1) is 4.58. The number of carbonyl (C=O) groups is 1. The Balaban J connectivity index is 2.56. The van der Waals surface area contributed by atoms with Gasteiger partial charge in [0, 0.05) is 12.6 Å². The van der Waals surface area contributed by atoms with Crippen molar-refractivity contribution < 1.29 is 4.79 Å². The Hall–Kier alpha value is -1.01. The lowest BCUT2D eigenvalue weighted by Crippen LogP contribution is -2.14. The van der Waals surface area contributed by atoms with Gasteiger partial charge in [0.05, 0.1) is 5.54 Å². The van der Waals surface area contributed by atoms with Crippen molar-refractivity contribution in [2.75, 3.05) is 6.54 Å². The minimum absolute atomic E-state index is 0.0139. The third-order valence-corrected chi connectivity index (χ3v) is 1.66. The second-order valence-electron chi connectivity index (χ2n) is 3.09. The van der Waals surface area contributed by atoms with Crippen LogP contribution in [0.5, 0.6) is 0 Å². The van der Waals surface area contributed by atoms with Gasteiger partial charge in [-0.15, -0.1) is 5.73 Å². The van der Waals surface area contributed by atoms with Crippen LogP contribution in [-0.4, -0.2) is 22.9 Å². The highest BCUT2D eigenvalue weighted by molar-refractivity contribution is 5.90. The molecule has 1 rings (SSSR count). The lowest BCUT2D eigenvalue weighted by atomic mass is 10.2. The maximum absolute atomic E-state index is 11.0. The van der Waals surface area contributed by atoms with Gasteiger partial charge in [0.1, 0.15) is 0 Å². The van der Waals surface area contributed by atoms with E-state index in [2.05, 4.69) is 12.3 Å². The van der Waals surface area contributed by atoms with E-state index in [0.29, 0.717) is 0 Å². The van der Waals surface area contributed by atoms with Crippen LogP contribution in [0.25, 0.3) is 0 Å². The molecule has 0 radical (unpaired) electrons. The Bertz CT molecular complexity index is 211. The zero-order chi connectivity index (χ0) is 7.78. The number of rotatable bonds is 1. The van der Waals surface area contributed by atoms with Crippen LogP contribution in [0.15, 0.2) is 18.4 Å². The van der Waals surface area contributed by atoms with E-state index in [1.807, 2.05) is 13.8 Å². The molecule has 10 heavy (non-hydrogen) atoms. The molecule has 0 aliphatic carbocycles. The number of hydrogen-bond donors (Lipinski definition) is 0. The average molecular weight is 137 g/mol. The van der Waals surface area contributed by atoms with Crippen molar-refractivity contribution in [2.45, 2.75) is 19.4 Å². The third-order valence-electron chi connectivity index (χ3n) is 1.66. The van der Waals surface area contributed by atoms with Gasteiger partial charge in [-0.1, -0.05) is 6.58 Å². The summed E-state index contributed by atoms with van der Waals surface area (Å²) < 4.78 is 0. The van der Waals surface area contributed by atoms with Crippen LogP contribution >= 0.6 is 0 Å². The average Bonchev–Trinajstić information content (AvgIpc) is 2.41. The first-order valence-corrected chi connectivity index (χ1v) is 3.25. The summed E-state index contributed by atoms with van der Waals surface area (Å²) in [4.78, 5) is 12.8. The van der Waals surface area contributed by atoms with Gasteiger partial charge in [0.25, 0.3) is 5.91 Å². The molecule has 1 fully saturated rings. The predicted octanol–water partition coefficient (Wildman–Crippen LogP) is 0.948. The van der Waals surface area contributed by atoms with E-state index in [1.54, 1.807) is 4.90 Å². The predicted molar refractivity (Wildman–Crippen MR) is 39.5 cm³/mol. The number of amides is 1. The Morgan fingerprint density at radius 2 is 2.30 bits per heavy atom. The zero-order valence-corrected chi connectivity index (χ0v) is 6.35. The second kappa shape index (κ2) is 1.99. The molecule has 0 aromatic heterocycles. The first-order valence-electron chi connectivity index (χ1n) is 3.25. The summed E-state index contributed by atoms with van der Waals surface area (Å²) in [5.41, 5.74) is 2.53. The molecular weight excluding hydrogens is 126 g/mol. The van der Waals surface area contributed by atoms with Crippen molar-refractivity contribution in [3.63, 3.8) is 0 Å². The summed E-state index contributed by atoms with van der Waals surface area (Å²) in [6.45, 7) is 8.24. The van der Waals surface area contributed by atoms with Crippen LogP contribution in [0.1, 0.15) is 13.8 Å². The van der Waals surface area contributed by atoms with Gasteiger partial charge < -0.3 is 4.90 Å². The third kappa shape index (κ3) is 1.12. The van der Waals surface area contributed by atoms with E-state index in [-0.39, 0.29) is 11.4 Å². The molecular formula is C8H11NO. The fraction of sp³-hybridized carbons (Fsp3) is 0.500. The Labute approximate surface area is 60.8 Å². The van der Waals surface area contributed by atoms with Gasteiger partial charge in [-0.2, -0.15) is 0 Å². The summed E-state index contributed by atoms with van der Waals surface area (Å²) in [6.07, 6.45) is 1.37. The lowest BCUT2D eigenvalue weighted by Gasteiger charge is -2.00. The van der Waals surface area contributed by atoms with Crippen LogP contribution in [0.3, 0.4) is 0 Å². The molecule has 0 N–H and O–H groups in total. The quantitative estimate of drug-likeness (QED) is 0.299. The standard InChI is InChI=1S/C8H11NO/c1-4-5-7(10)9-6-8(9,2)3/h5H,1,6H2,2-3H3. The molecule has 2 nitrogen and oxygen atoms in total. The largest absolute Gasteiger partial charge is 0.329 e. The summed E-state index contributed by atoms with van der Waals surface area (Å²) >= 11 is 0. The molecule has 0 spiro atoms. The summed E-state index contributed by atoms with van der Waals surface area (Å²) in [7, 11) is 0. The summed E-state index contributed by atoms with van der Waals surface area (Å²) in [5, 5.41) is 0. The van der Waals surface area contributed by atoms with Gasteiger partial charge in [0.2, 0.25) is 0 Å². The van der Waals surface area contributed by atoms with Gasteiger partial charge >= 0.3 is 0 Å². The maximum Gasteiger partial charge on any atom is 0.254 e.